The molecule has 0 unspecified atom stereocenters. The standard InChI is InChI=1S/C22H23ClFNO6S/c1-4-11-31-22(29)14-10-8-7-9-13(14)21(28)25(16(26)5-2)19-18(23)15(32-20(19)24)12-17(27)30-6-3/h1H,5-12H2,2-3H3. The van der Waals surface area contributed by atoms with Crippen molar-refractivity contribution >= 4 is 52.4 Å². The molecule has 0 aromatic carbocycles. The minimum atomic E-state index is -0.891. The molecule has 1 aromatic rings. The van der Waals surface area contributed by atoms with E-state index in [2.05, 4.69) is 5.92 Å². The summed E-state index contributed by atoms with van der Waals surface area (Å²) in [7, 11) is 0. The number of terminal acetylenes is 1. The van der Waals surface area contributed by atoms with Gasteiger partial charge in [0.1, 0.15) is 5.69 Å². The van der Waals surface area contributed by atoms with Crippen molar-refractivity contribution in [3.63, 3.8) is 0 Å². The number of amides is 2. The largest absolute Gasteiger partial charge is 0.466 e. The summed E-state index contributed by atoms with van der Waals surface area (Å²) in [6.45, 7) is 3.02. The molecule has 0 saturated heterocycles. The van der Waals surface area contributed by atoms with Gasteiger partial charge in [-0.3, -0.25) is 14.4 Å². The van der Waals surface area contributed by atoms with Gasteiger partial charge in [-0.1, -0.05) is 24.4 Å². The molecule has 1 aliphatic carbocycles. The van der Waals surface area contributed by atoms with Gasteiger partial charge in [-0.05, 0) is 32.6 Å². The zero-order chi connectivity index (χ0) is 23.8. The minimum Gasteiger partial charge on any atom is -0.466 e. The van der Waals surface area contributed by atoms with E-state index in [0.717, 1.165) is 0 Å². The number of anilines is 1. The Morgan fingerprint density at radius 2 is 1.81 bits per heavy atom. The number of carbonyl (C=O) groups excluding carboxylic acids is 4. The Morgan fingerprint density at radius 1 is 1.16 bits per heavy atom. The number of hydrogen-bond acceptors (Lipinski definition) is 7. The summed E-state index contributed by atoms with van der Waals surface area (Å²) in [5.41, 5.74) is -0.250. The molecule has 32 heavy (non-hydrogen) atoms. The molecular formula is C22H23ClFNO6S. The van der Waals surface area contributed by atoms with Gasteiger partial charge < -0.3 is 9.47 Å². The predicted molar refractivity (Wildman–Crippen MR) is 118 cm³/mol. The van der Waals surface area contributed by atoms with Gasteiger partial charge in [0.25, 0.3) is 5.91 Å². The average Bonchev–Trinajstić information content (AvgIpc) is 3.05. The molecule has 0 saturated carbocycles. The van der Waals surface area contributed by atoms with E-state index in [9.17, 15) is 23.6 Å². The molecule has 0 bridgehead atoms. The van der Waals surface area contributed by atoms with Crippen molar-refractivity contribution in [2.24, 2.45) is 0 Å². The molecule has 1 aromatic heterocycles. The number of hydrogen-bond donors (Lipinski definition) is 0. The molecular weight excluding hydrogens is 461 g/mol. The summed E-state index contributed by atoms with van der Waals surface area (Å²) in [4.78, 5) is 51.1. The number of rotatable bonds is 8. The Balaban J connectivity index is 2.52. The highest BCUT2D eigenvalue weighted by Gasteiger charge is 2.35. The number of carbonyl (C=O) groups is 4. The maximum Gasteiger partial charge on any atom is 0.335 e. The van der Waals surface area contributed by atoms with E-state index in [4.69, 9.17) is 27.5 Å². The molecule has 0 fully saturated rings. The average molecular weight is 484 g/mol. The Hall–Kier alpha value is -2.70. The van der Waals surface area contributed by atoms with Crippen molar-refractivity contribution in [1.82, 2.24) is 0 Å². The highest BCUT2D eigenvalue weighted by Crippen LogP contribution is 2.41. The summed E-state index contributed by atoms with van der Waals surface area (Å²) in [6, 6.07) is 0. The maximum atomic E-state index is 14.9. The molecule has 2 amide bonds. The molecule has 1 aliphatic rings. The van der Waals surface area contributed by atoms with Crippen molar-refractivity contribution in [3.8, 4) is 12.3 Å². The van der Waals surface area contributed by atoms with Gasteiger partial charge in [0.15, 0.2) is 6.61 Å². The first kappa shape index (κ1) is 25.6. The Morgan fingerprint density at radius 3 is 2.41 bits per heavy atom. The molecule has 0 spiro atoms. The molecule has 0 N–H and O–H groups in total. The summed E-state index contributed by atoms with van der Waals surface area (Å²) in [5.74, 6) is -0.720. The van der Waals surface area contributed by atoms with Crippen LogP contribution in [0, 0.1) is 17.5 Å². The van der Waals surface area contributed by atoms with Gasteiger partial charge in [0.2, 0.25) is 11.0 Å². The maximum absolute atomic E-state index is 14.9. The van der Waals surface area contributed by atoms with Crippen molar-refractivity contribution in [2.45, 2.75) is 52.4 Å². The third-order valence-corrected chi connectivity index (χ3v) is 6.19. The first-order valence-corrected chi connectivity index (χ1v) is 11.3. The monoisotopic (exact) mass is 483 g/mol. The lowest BCUT2D eigenvalue weighted by atomic mass is 9.90. The fourth-order valence-corrected chi connectivity index (χ4v) is 4.54. The van der Waals surface area contributed by atoms with Gasteiger partial charge in [0.05, 0.1) is 18.1 Å². The van der Waals surface area contributed by atoms with Crippen LogP contribution in [0.2, 0.25) is 5.02 Å². The molecule has 1 heterocycles. The first-order valence-electron chi connectivity index (χ1n) is 10.1. The molecule has 7 nitrogen and oxygen atoms in total. The fourth-order valence-electron chi connectivity index (χ4n) is 3.26. The van der Waals surface area contributed by atoms with Gasteiger partial charge in [-0.25, -0.2) is 9.69 Å². The molecule has 10 heteroatoms. The van der Waals surface area contributed by atoms with Gasteiger partial charge >= 0.3 is 11.9 Å². The van der Waals surface area contributed by atoms with Crippen molar-refractivity contribution in [2.75, 3.05) is 18.1 Å². The number of halogens is 2. The van der Waals surface area contributed by atoms with Crippen LogP contribution in [0.3, 0.4) is 0 Å². The molecule has 0 radical (unpaired) electrons. The summed E-state index contributed by atoms with van der Waals surface area (Å²) >= 11 is 6.87. The van der Waals surface area contributed by atoms with Gasteiger partial charge in [0, 0.05) is 22.4 Å². The Kier molecular flexibility index (Phi) is 9.42. The lowest BCUT2D eigenvalue weighted by Crippen LogP contribution is -2.39. The van der Waals surface area contributed by atoms with Crippen LogP contribution < -0.4 is 4.90 Å². The van der Waals surface area contributed by atoms with Crippen LogP contribution in [0.15, 0.2) is 11.1 Å². The van der Waals surface area contributed by atoms with Gasteiger partial charge in [-0.2, -0.15) is 4.39 Å². The number of nitrogens with zero attached hydrogens (tertiary/aromatic N) is 1. The van der Waals surface area contributed by atoms with Crippen molar-refractivity contribution in [1.29, 1.82) is 0 Å². The first-order chi connectivity index (χ1) is 15.3. The smallest absolute Gasteiger partial charge is 0.335 e. The normalized spacial score (nSPS) is 13.3. The highest BCUT2D eigenvalue weighted by molar-refractivity contribution is 7.11. The SMILES string of the molecule is C#CCOC(=O)C1=C(C(=O)N(C(=O)CC)c2c(F)sc(CC(=O)OCC)c2Cl)CCCC1. The zero-order valence-electron chi connectivity index (χ0n) is 17.8. The van der Waals surface area contributed by atoms with Gasteiger partial charge in [-0.15, -0.1) is 17.8 Å². The van der Waals surface area contributed by atoms with Crippen LogP contribution in [0.25, 0.3) is 0 Å². The Labute approximate surface area is 194 Å². The number of esters is 2. The van der Waals surface area contributed by atoms with E-state index in [-0.39, 0.29) is 59.9 Å². The quantitative estimate of drug-likeness (QED) is 0.410. The predicted octanol–water partition coefficient (Wildman–Crippen LogP) is 3.96. The topological polar surface area (TPSA) is 90.0 Å². The van der Waals surface area contributed by atoms with Crippen LogP contribution in [-0.4, -0.2) is 37.0 Å². The van der Waals surface area contributed by atoms with E-state index in [1.807, 2.05) is 0 Å². The van der Waals surface area contributed by atoms with Crippen molar-refractivity contribution in [3.05, 3.63) is 26.2 Å². The van der Waals surface area contributed by atoms with E-state index in [1.165, 1.54) is 6.92 Å². The number of ether oxygens (including phenoxy) is 2. The zero-order valence-corrected chi connectivity index (χ0v) is 19.4. The van der Waals surface area contributed by atoms with Crippen LogP contribution in [-0.2, 0) is 35.1 Å². The van der Waals surface area contributed by atoms with Crippen LogP contribution in [0.5, 0.6) is 0 Å². The highest BCUT2D eigenvalue weighted by atomic mass is 35.5. The Bertz CT molecular complexity index is 993. The summed E-state index contributed by atoms with van der Waals surface area (Å²) < 4.78 is 24.7. The molecule has 172 valence electrons. The van der Waals surface area contributed by atoms with E-state index < -0.39 is 34.6 Å². The van der Waals surface area contributed by atoms with E-state index in [0.29, 0.717) is 29.1 Å². The van der Waals surface area contributed by atoms with Crippen LogP contribution in [0.4, 0.5) is 10.1 Å². The third kappa shape index (κ3) is 5.75. The molecule has 0 aliphatic heterocycles. The fraction of sp³-hybridized carbons (Fsp3) is 0.455. The second kappa shape index (κ2) is 11.8. The second-order valence-corrected chi connectivity index (χ2v) is 8.21. The molecule has 2 rings (SSSR count). The van der Waals surface area contributed by atoms with Crippen LogP contribution >= 0.6 is 22.9 Å². The van der Waals surface area contributed by atoms with E-state index in [1.54, 1.807) is 6.92 Å². The number of imide groups is 1. The minimum absolute atomic E-state index is 0.0636. The van der Waals surface area contributed by atoms with E-state index >= 15 is 0 Å². The van der Waals surface area contributed by atoms with Crippen molar-refractivity contribution < 1.29 is 33.0 Å². The third-order valence-electron chi connectivity index (χ3n) is 4.70. The summed E-state index contributed by atoms with van der Waals surface area (Å²) in [5, 5.41) is -1.11. The lowest BCUT2D eigenvalue weighted by Gasteiger charge is -2.25. The lowest BCUT2D eigenvalue weighted by molar-refractivity contribution is -0.142. The molecule has 0 atom stereocenters. The summed E-state index contributed by atoms with van der Waals surface area (Å²) in [6.07, 6.45) is 6.44. The van der Waals surface area contributed by atoms with Crippen LogP contribution in [0.1, 0.15) is 50.8 Å². The second-order valence-electron chi connectivity index (χ2n) is 6.78. The number of thiophene rings is 1.